The van der Waals surface area contributed by atoms with Gasteiger partial charge in [0.2, 0.25) is 5.91 Å². The maximum atomic E-state index is 12.8. The monoisotopic (exact) mass is 322 g/mol. The summed E-state index contributed by atoms with van der Waals surface area (Å²) in [6, 6.07) is 5.13. The summed E-state index contributed by atoms with van der Waals surface area (Å²) in [5.74, 6) is -2.04. The first-order valence-corrected chi connectivity index (χ1v) is 7.47. The first kappa shape index (κ1) is 16.9. The Morgan fingerprint density at radius 3 is 2.22 bits per heavy atom. The van der Waals surface area contributed by atoms with Crippen molar-refractivity contribution in [3.05, 3.63) is 35.6 Å². The number of carbonyl (C=O) groups is 3. The van der Waals surface area contributed by atoms with E-state index in [2.05, 4.69) is 10.6 Å². The highest BCUT2D eigenvalue weighted by molar-refractivity contribution is 5.94. The Labute approximate surface area is 133 Å². The fourth-order valence-electron chi connectivity index (χ4n) is 2.52. The number of nitrogens with one attached hydrogen (secondary N) is 2. The molecule has 0 saturated heterocycles. The average molecular weight is 322 g/mol. The summed E-state index contributed by atoms with van der Waals surface area (Å²) in [6.07, 6.45) is 1.84. The highest BCUT2D eigenvalue weighted by atomic mass is 19.1. The first-order chi connectivity index (χ1) is 10.9. The third-order valence-electron chi connectivity index (χ3n) is 4.10. The van der Waals surface area contributed by atoms with E-state index >= 15 is 0 Å². The first-order valence-electron chi connectivity index (χ1n) is 7.47. The number of carbonyl (C=O) groups excluding carboxylic acids is 2. The third-order valence-corrected chi connectivity index (χ3v) is 4.10. The molecule has 1 aromatic carbocycles. The topological polar surface area (TPSA) is 95.5 Å². The van der Waals surface area contributed by atoms with Crippen LogP contribution in [0.1, 0.15) is 36.0 Å². The molecule has 6 nitrogen and oxygen atoms in total. The van der Waals surface area contributed by atoms with Gasteiger partial charge in [-0.2, -0.15) is 0 Å². The molecule has 0 aliphatic heterocycles. The van der Waals surface area contributed by atoms with Crippen LogP contribution < -0.4 is 10.6 Å². The van der Waals surface area contributed by atoms with Gasteiger partial charge in [-0.25, -0.2) is 4.39 Å². The van der Waals surface area contributed by atoms with Crippen LogP contribution in [0.5, 0.6) is 0 Å². The minimum atomic E-state index is -0.927. The molecule has 23 heavy (non-hydrogen) atoms. The Morgan fingerprint density at radius 2 is 1.70 bits per heavy atom. The number of aliphatic carboxylic acids is 1. The predicted molar refractivity (Wildman–Crippen MR) is 80.3 cm³/mol. The van der Waals surface area contributed by atoms with Crippen molar-refractivity contribution >= 4 is 17.8 Å². The van der Waals surface area contributed by atoms with Crippen molar-refractivity contribution < 1.29 is 23.9 Å². The Kier molecular flexibility index (Phi) is 5.31. The summed E-state index contributed by atoms with van der Waals surface area (Å²) in [4.78, 5) is 34.7. The molecule has 2 amide bonds. The van der Waals surface area contributed by atoms with Crippen LogP contribution in [0.3, 0.4) is 0 Å². The zero-order valence-electron chi connectivity index (χ0n) is 12.6. The lowest BCUT2D eigenvalue weighted by Crippen LogP contribution is -2.43. The molecular formula is C16H19FN2O4. The molecule has 1 fully saturated rings. The molecule has 0 heterocycles. The van der Waals surface area contributed by atoms with Gasteiger partial charge in [0.25, 0.3) is 5.91 Å². The molecular weight excluding hydrogens is 303 g/mol. The maximum Gasteiger partial charge on any atom is 0.310 e. The quantitative estimate of drug-likeness (QED) is 0.660. The lowest BCUT2D eigenvalue weighted by Gasteiger charge is -2.36. The predicted octanol–water partition coefficient (Wildman–Crippen LogP) is 1.32. The molecule has 0 bridgehead atoms. The third kappa shape index (κ3) is 4.28. The summed E-state index contributed by atoms with van der Waals surface area (Å²) in [6.45, 7) is 0.420. The van der Waals surface area contributed by atoms with Gasteiger partial charge in [0, 0.05) is 25.1 Å². The molecule has 0 aromatic heterocycles. The van der Waals surface area contributed by atoms with E-state index in [1.807, 2.05) is 0 Å². The van der Waals surface area contributed by atoms with Gasteiger partial charge in [-0.15, -0.1) is 0 Å². The normalized spacial score (nSPS) is 15.3. The molecule has 0 unspecified atom stereocenters. The number of amides is 2. The molecule has 1 aliphatic carbocycles. The Bertz CT molecular complexity index is 597. The highest BCUT2D eigenvalue weighted by Gasteiger charge is 2.45. The highest BCUT2D eigenvalue weighted by Crippen LogP contribution is 2.44. The van der Waals surface area contributed by atoms with Crippen LogP contribution in [0, 0.1) is 11.2 Å². The summed E-state index contributed by atoms with van der Waals surface area (Å²) in [5.41, 5.74) is -0.585. The van der Waals surface area contributed by atoms with Crippen LogP contribution in [-0.4, -0.2) is 36.0 Å². The largest absolute Gasteiger partial charge is 0.481 e. The van der Waals surface area contributed by atoms with E-state index < -0.39 is 17.2 Å². The SMILES string of the molecule is O=C(CC1(C(=O)O)CCC1)NCCNC(=O)c1ccc(F)cc1. The molecule has 0 radical (unpaired) electrons. The molecule has 3 N–H and O–H groups in total. The molecule has 7 heteroatoms. The van der Waals surface area contributed by atoms with Crippen molar-refractivity contribution in [3.63, 3.8) is 0 Å². The summed E-state index contributed by atoms with van der Waals surface area (Å²) in [5, 5.41) is 14.4. The van der Waals surface area contributed by atoms with Crippen molar-refractivity contribution in [1.29, 1.82) is 0 Å². The van der Waals surface area contributed by atoms with Crippen molar-refractivity contribution in [3.8, 4) is 0 Å². The molecule has 1 saturated carbocycles. The summed E-state index contributed by atoms with van der Waals surface area (Å²) < 4.78 is 12.8. The minimum Gasteiger partial charge on any atom is -0.481 e. The van der Waals surface area contributed by atoms with E-state index in [1.54, 1.807) is 0 Å². The molecule has 2 rings (SSSR count). The number of carboxylic acids is 1. The van der Waals surface area contributed by atoms with Gasteiger partial charge in [0.05, 0.1) is 5.41 Å². The lowest BCUT2D eigenvalue weighted by atomic mass is 9.66. The fraction of sp³-hybridized carbons (Fsp3) is 0.438. The maximum absolute atomic E-state index is 12.8. The van der Waals surface area contributed by atoms with Crippen LogP contribution in [0.4, 0.5) is 4.39 Å². The van der Waals surface area contributed by atoms with E-state index in [-0.39, 0.29) is 31.3 Å². The van der Waals surface area contributed by atoms with Crippen LogP contribution in [0.2, 0.25) is 0 Å². The number of halogens is 1. The van der Waals surface area contributed by atoms with Crippen molar-refractivity contribution in [2.24, 2.45) is 5.41 Å². The van der Waals surface area contributed by atoms with E-state index in [0.717, 1.165) is 6.42 Å². The smallest absolute Gasteiger partial charge is 0.310 e. The van der Waals surface area contributed by atoms with Gasteiger partial charge in [-0.3, -0.25) is 14.4 Å². The number of carboxylic acid groups (broad SMARTS) is 1. The van der Waals surface area contributed by atoms with Gasteiger partial charge in [-0.1, -0.05) is 6.42 Å². The van der Waals surface area contributed by atoms with E-state index in [9.17, 15) is 18.8 Å². The second-order valence-corrected chi connectivity index (χ2v) is 5.73. The molecule has 1 aliphatic rings. The summed E-state index contributed by atoms with van der Waals surface area (Å²) >= 11 is 0. The fourth-order valence-corrected chi connectivity index (χ4v) is 2.52. The standard InChI is InChI=1S/C16H19FN2O4/c17-12-4-2-11(3-5-12)14(21)19-9-8-18-13(20)10-16(15(22)23)6-1-7-16/h2-5H,1,6-10H2,(H,18,20)(H,19,21)(H,22,23). The Hall–Kier alpha value is -2.44. The molecule has 124 valence electrons. The Morgan fingerprint density at radius 1 is 1.09 bits per heavy atom. The lowest BCUT2D eigenvalue weighted by molar-refractivity contribution is -0.157. The molecule has 0 spiro atoms. The van der Waals surface area contributed by atoms with Gasteiger partial charge in [-0.05, 0) is 37.1 Å². The number of hydrogen-bond donors (Lipinski definition) is 3. The minimum absolute atomic E-state index is 0.0335. The van der Waals surface area contributed by atoms with E-state index in [1.165, 1.54) is 24.3 Å². The molecule has 0 atom stereocenters. The Balaban J connectivity index is 1.69. The van der Waals surface area contributed by atoms with Crippen molar-refractivity contribution in [2.45, 2.75) is 25.7 Å². The van der Waals surface area contributed by atoms with Gasteiger partial charge >= 0.3 is 5.97 Å². The van der Waals surface area contributed by atoms with Crippen molar-refractivity contribution in [1.82, 2.24) is 10.6 Å². The van der Waals surface area contributed by atoms with Crippen LogP contribution in [0.25, 0.3) is 0 Å². The number of rotatable bonds is 7. The number of hydrogen-bond acceptors (Lipinski definition) is 3. The van der Waals surface area contributed by atoms with E-state index in [0.29, 0.717) is 18.4 Å². The molecule has 1 aromatic rings. The van der Waals surface area contributed by atoms with Crippen molar-refractivity contribution in [2.75, 3.05) is 13.1 Å². The zero-order valence-corrected chi connectivity index (χ0v) is 12.6. The average Bonchev–Trinajstić information content (AvgIpc) is 2.47. The van der Waals surface area contributed by atoms with Gasteiger partial charge < -0.3 is 15.7 Å². The van der Waals surface area contributed by atoms with E-state index in [4.69, 9.17) is 5.11 Å². The zero-order chi connectivity index (χ0) is 16.9. The van der Waals surface area contributed by atoms with Gasteiger partial charge in [0.15, 0.2) is 0 Å². The second-order valence-electron chi connectivity index (χ2n) is 5.73. The summed E-state index contributed by atoms with van der Waals surface area (Å²) in [7, 11) is 0. The van der Waals surface area contributed by atoms with Gasteiger partial charge in [0.1, 0.15) is 5.82 Å². The second kappa shape index (κ2) is 7.21. The van der Waals surface area contributed by atoms with Crippen LogP contribution in [0.15, 0.2) is 24.3 Å². The van der Waals surface area contributed by atoms with Crippen LogP contribution in [-0.2, 0) is 9.59 Å². The number of benzene rings is 1. The van der Waals surface area contributed by atoms with Crippen LogP contribution >= 0.6 is 0 Å².